The van der Waals surface area contributed by atoms with Crippen molar-refractivity contribution in [2.75, 3.05) is 45.4 Å². The second kappa shape index (κ2) is 7.19. The number of rotatable bonds is 5. The standard InChI is InChI=1S/C17H20N2O4/c1-20-14-9-15(21-2)11-16(10-14)23-13-3-4-18-17(12-13)19-5-7-22-8-6-19/h3-4,9-12H,5-8H2,1-2H3. The van der Waals surface area contributed by atoms with E-state index in [1.807, 2.05) is 24.3 Å². The average molecular weight is 316 g/mol. The van der Waals surface area contributed by atoms with Gasteiger partial charge in [0.2, 0.25) is 0 Å². The van der Waals surface area contributed by atoms with Gasteiger partial charge >= 0.3 is 0 Å². The summed E-state index contributed by atoms with van der Waals surface area (Å²) < 4.78 is 21.8. The van der Waals surface area contributed by atoms with Crippen molar-refractivity contribution in [3.8, 4) is 23.0 Å². The molecule has 1 aromatic heterocycles. The molecule has 1 aliphatic heterocycles. The molecule has 2 heterocycles. The fourth-order valence-electron chi connectivity index (χ4n) is 2.40. The van der Waals surface area contributed by atoms with Crippen molar-refractivity contribution in [1.82, 2.24) is 4.98 Å². The van der Waals surface area contributed by atoms with Crippen molar-refractivity contribution in [1.29, 1.82) is 0 Å². The largest absolute Gasteiger partial charge is 0.496 e. The maximum Gasteiger partial charge on any atom is 0.134 e. The summed E-state index contributed by atoms with van der Waals surface area (Å²) in [5.74, 6) is 3.63. The normalized spacial score (nSPS) is 14.4. The van der Waals surface area contributed by atoms with E-state index in [2.05, 4.69) is 9.88 Å². The lowest BCUT2D eigenvalue weighted by atomic mass is 10.3. The molecule has 0 unspecified atom stereocenters. The van der Waals surface area contributed by atoms with Crippen LogP contribution < -0.4 is 19.1 Å². The smallest absolute Gasteiger partial charge is 0.134 e. The summed E-state index contributed by atoms with van der Waals surface area (Å²) in [5.41, 5.74) is 0. The minimum Gasteiger partial charge on any atom is -0.496 e. The Morgan fingerprint density at radius 1 is 0.913 bits per heavy atom. The van der Waals surface area contributed by atoms with Gasteiger partial charge in [-0.25, -0.2) is 4.98 Å². The van der Waals surface area contributed by atoms with E-state index in [0.717, 1.165) is 37.9 Å². The van der Waals surface area contributed by atoms with Gasteiger partial charge in [0.25, 0.3) is 0 Å². The fourth-order valence-corrected chi connectivity index (χ4v) is 2.40. The lowest BCUT2D eigenvalue weighted by Crippen LogP contribution is -2.36. The Morgan fingerprint density at radius 2 is 1.57 bits per heavy atom. The summed E-state index contributed by atoms with van der Waals surface area (Å²) in [6, 6.07) is 9.19. The fraction of sp³-hybridized carbons (Fsp3) is 0.353. The van der Waals surface area contributed by atoms with Gasteiger partial charge in [-0.15, -0.1) is 0 Å². The molecule has 0 atom stereocenters. The molecule has 0 spiro atoms. The lowest BCUT2D eigenvalue weighted by molar-refractivity contribution is 0.122. The van der Waals surface area contributed by atoms with Crippen molar-refractivity contribution in [3.05, 3.63) is 36.5 Å². The molecular weight excluding hydrogens is 296 g/mol. The molecule has 0 saturated carbocycles. The highest BCUT2D eigenvalue weighted by Gasteiger charge is 2.13. The summed E-state index contributed by atoms with van der Waals surface area (Å²) in [5, 5.41) is 0. The predicted octanol–water partition coefficient (Wildman–Crippen LogP) is 2.73. The number of aromatic nitrogens is 1. The molecule has 1 saturated heterocycles. The zero-order valence-corrected chi connectivity index (χ0v) is 13.3. The van der Waals surface area contributed by atoms with E-state index in [9.17, 15) is 0 Å². The van der Waals surface area contributed by atoms with Gasteiger partial charge in [0.15, 0.2) is 0 Å². The molecule has 0 N–H and O–H groups in total. The van der Waals surface area contributed by atoms with Gasteiger partial charge in [-0.05, 0) is 6.07 Å². The van der Waals surface area contributed by atoms with Gasteiger partial charge in [0.1, 0.15) is 28.8 Å². The van der Waals surface area contributed by atoms with E-state index in [0.29, 0.717) is 17.2 Å². The summed E-state index contributed by atoms with van der Waals surface area (Å²) in [4.78, 5) is 6.60. The van der Waals surface area contributed by atoms with Crippen molar-refractivity contribution in [2.45, 2.75) is 0 Å². The minimum absolute atomic E-state index is 0.653. The van der Waals surface area contributed by atoms with Crippen molar-refractivity contribution in [2.24, 2.45) is 0 Å². The SMILES string of the molecule is COc1cc(OC)cc(Oc2ccnc(N3CCOCC3)c2)c1. The minimum atomic E-state index is 0.653. The van der Waals surface area contributed by atoms with Crippen molar-refractivity contribution >= 4 is 5.82 Å². The van der Waals surface area contributed by atoms with Crippen LogP contribution >= 0.6 is 0 Å². The van der Waals surface area contributed by atoms with Gasteiger partial charge in [0.05, 0.1) is 27.4 Å². The van der Waals surface area contributed by atoms with E-state index >= 15 is 0 Å². The van der Waals surface area contributed by atoms with Crippen LogP contribution in [0.25, 0.3) is 0 Å². The molecule has 1 aliphatic rings. The molecule has 0 radical (unpaired) electrons. The topological polar surface area (TPSA) is 53.0 Å². The zero-order chi connectivity index (χ0) is 16.1. The first-order valence-corrected chi connectivity index (χ1v) is 7.48. The molecule has 23 heavy (non-hydrogen) atoms. The zero-order valence-electron chi connectivity index (χ0n) is 13.3. The molecule has 6 nitrogen and oxygen atoms in total. The summed E-state index contributed by atoms with van der Waals surface area (Å²) in [7, 11) is 3.23. The number of methoxy groups -OCH3 is 2. The highest BCUT2D eigenvalue weighted by Crippen LogP contribution is 2.31. The quantitative estimate of drug-likeness (QED) is 0.845. The van der Waals surface area contributed by atoms with E-state index < -0.39 is 0 Å². The maximum atomic E-state index is 5.94. The van der Waals surface area contributed by atoms with Crippen LogP contribution in [0.5, 0.6) is 23.0 Å². The molecule has 6 heteroatoms. The highest BCUT2D eigenvalue weighted by atomic mass is 16.5. The van der Waals surface area contributed by atoms with Crippen molar-refractivity contribution < 1.29 is 18.9 Å². The van der Waals surface area contributed by atoms with Crippen LogP contribution in [0.15, 0.2) is 36.5 Å². The Morgan fingerprint density at radius 3 is 2.22 bits per heavy atom. The number of morpholine rings is 1. The molecular formula is C17H20N2O4. The second-order valence-corrected chi connectivity index (χ2v) is 5.10. The first-order valence-electron chi connectivity index (χ1n) is 7.48. The maximum absolute atomic E-state index is 5.94. The molecule has 0 bridgehead atoms. The van der Waals surface area contributed by atoms with E-state index in [4.69, 9.17) is 18.9 Å². The third-order valence-electron chi connectivity index (χ3n) is 3.61. The van der Waals surface area contributed by atoms with E-state index in [-0.39, 0.29) is 0 Å². The monoisotopic (exact) mass is 316 g/mol. The van der Waals surface area contributed by atoms with Crippen LogP contribution in [0.1, 0.15) is 0 Å². The Labute approximate surface area is 135 Å². The van der Waals surface area contributed by atoms with Crippen LogP contribution in [0, 0.1) is 0 Å². The van der Waals surface area contributed by atoms with Crippen LogP contribution in [0.4, 0.5) is 5.82 Å². The number of hydrogen-bond acceptors (Lipinski definition) is 6. The number of anilines is 1. The second-order valence-electron chi connectivity index (χ2n) is 5.10. The highest BCUT2D eigenvalue weighted by molar-refractivity contribution is 5.47. The number of pyridine rings is 1. The molecule has 1 aromatic carbocycles. The molecule has 0 amide bonds. The third kappa shape index (κ3) is 3.84. The summed E-state index contributed by atoms with van der Waals surface area (Å²) >= 11 is 0. The van der Waals surface area contributed by atoms with Crippen LogP contribution in [0.2, 0.25) is 0 Å². The Hall–Kier alpha value is -2.47. The van der Waals surface area contributed by atoms with Gasteiger partial charge in [-0.1, -0.05) is 0 Å². The van der Waals surface area contributed by atoms with Gasteiger partial charge < -0.3 is 23.8 Å². The first kappa shape index (κ1) is 15.4. The number of nitrogens with zero attached hydrogens (tertiary/aromatic N) is 2. The average Bonchev–Trinajstić information content (AvgIpc) is 2.62. The van der Waals surface area contributed by atoms with Gasteiger partial charge in [-0.2, -0.15) is 0 Å². The van der Waals surface area contributed by atoms with E-state index in [1.165, 1.54) is 0 Å². The number of benzene rings is 1. The van der Waals surface area contributed by atoms with Crippen molar-refractivity contribution in [3.63, 3.8) is 0 Å². The number of hydrogen-bond donors (Lipinski definition) is 0. The first-order chi connectivity index (χ1) is 11.3. The van der Waals surface area contributed by atoms with Crippen LogP contribution in [-0.2, 0) is 4.74 Å². The summed E-state index contributed by atoms with van der Waals surface area (Å²) in [6.07, 6.45) is 1.75. The Balaban J connectivity index is 1.80. The lowest BCUT2D eigenvalue weighted by Gasteiger charge is -2.27. The molecule has 2 aromatic rings. The third-order valence-corrected chi connectivity index (χ3v) is 3.61. The molecule has 1 fully saturated rings. The number of ether oxygens (including phenoxy) is 4. The predicted molar refractivity (Wildman–Crippen MR) is 86.9 cm³/mol. The van der Waals surface area contributed by atoms with Crippen LogP contribution in [0.3, 0.4) is 0 Å². The Bertz CT molecular complexity index is 635. The molecule has 0 aliphatic carbocycles. The van der Waals surface area contributed by atoms with E-state index in [1.54, 1.807) is 26.5 Å². The molecule has 3 rings (SSSR count). The molecule has 122 valence electrons. The van der Waals surface area contributed by atoms with Gasteiger partial charge in [-0.3, -0.25) is 0 Å². The Kier molecular flexibility index (Phi) is 4.83. The van der Waals surface area contributed by atoms with Gasteiger partial charge in [0, 0.05) is 43.6 Å². The summed E-state index contributed by atoms with van der Waals surface area (Å²) in [6.45, 7) is 3.12. The van der Waals surface area contributed by atoms with Crippen LogP contribution in [-0.4, -0.2) is 45.5 Å².